The lowest BCUT2D eigenvalue weighted by molar-refractivity contribution is -0.139. The molecule has 1 aromatic rings. The van der Waals surface area contributed by atoms with Crippen molar-refractivity contribution < 1.29 is 19.1 Å². The molecule has 0 spiro atoms. The number of carbonyl (C=O) groups is 3. The van der Waals surface area contributed by atoms with Crippen LogP contribution >= 0.6 is 0 Å². The van der Waals surface area contributed by atoms with E-state index in [9.17, 15) is 14.4 Å². The van der Waals surface area contributed by atoms with Crippen molar-refractivity contribution in [1.82, 2.24) is 15.1 Å². The fraction of sp³-hybridized carbons (Fsp3) is 0.667. The molecule has 3 aliphatic rings. The monoisotopic (exact) mass is 469 g/mol. The number of nitrogens with one attached hydrogen (secondary N) is 1. The summed E-state index contributed by atoms with van der Waals surface area (Å²) in [7, 11) is 0. The molecule has 34 heavy (non-hydrogen) atoms. The Hall–Kier alpha value is -2.25. The summed E-state index contributed by atoms with van der Waals surface area (Å²) >= 11 is 0. The van der Waals surface area contributed by atoms with Crippen LogP contribution in [0.25, 0.3) is 0 Å². The second-order valence-electron chi connectivity index (χ2n) is 10.2. The molecule has 7 heteroatoms. The van der Waals surface area contributed by atoms with Crippen LogP contribution in [0.1, 0.15) is 74.7 Å². The lowest BCUT2D eigenvalue weighted by atomic mass is 9.89. The number of nitrogens with zero attached hydrogens (tertiary/aromatic N) is 2. The summed E-state index contributed by atoms with van der Waals surface area (Å²) in [5.74, 6) is 0.0350. The van der Waals surface area contributed by atoms with Crippen LogP contribution in [-0.2, 0) is 14.3 Å². The van der Waals surface area contributed by atoms with E-state index in [1.54, 1.807) is 4.90 Å². The Bertz CT molecular complexity index is 878. The van der Waals surface area contributed by atoms with E-state index in [0.717, 1.165) is 32.4 Å². The Labute approximate surface area is 203 Å². The minimum absolute atomic E-state index is 0.0406. The van der Waals surface area contributed by atoms with Gasteiger partial charge in [-0.3, -0.25) is 14.4 Å². The standard InChI is InChI=1S/C27H39N3O4/c1-4-13-29-14-10-20(11-15-29)19-6-8-21(9-7-19)26(32)28-24(18(3)5-2)27(33)30-16-12-23-25(30)22(31)17-34-23/h6-9,18,20,23-25H,4-5,10-17H2,1-3H3,(H,28,32)/t18?,23-,24?,25-/m1/s1. The number of hydrogen-bond acceptors (Lipinski definition) is 5. The molecule has 7 nitrogen and oxygen atoms in total. The molecule has 3 heterocycles. The van der Waals surface area contributed by atoms with Crippen molar-refractivity contribution in [2.45, 2.75) is 77.0 Å². The first-order chi connectivity index (χ1) is 16.4. The van der Waals surface area contributed by atoms with Gasteiger partial charge in [0.15, 0.2) is 5.78 Å². The average molecular weight is 470 g/mol. The Balaban J connectivity index is 1.40. The average Bonchev–Trinajstić information content (AvgIpc) is 3.45. The second kappa shape index (κ2) is 11.0. The number of benzene rings is 1. The van der Waals surface area contributed by atoms with Crippen LogP contribution in [0.3, 0.4) is 0 Å². The molecule has 4 rings (SSSR count). The molecule has 186 valence electrons. The van der Waals surface area contributed by atoms with E-state index in [-0.39, 0.29) is 36.2 Å². The SMILES string of the molecule is CCCN1CCC(c2ccc(C(=O)NC(C(=O)N3CC[C@H]4OCC(=O)[C@H]43)C(C)CC)cc2)CC1. The number of likely N-dealkylation sites (tertiary alicyclic amines) is 2. The Kier molecular flexibility index (Phi) is 8.04. The molecular weight excluding hydrogens is 430 g/mol. The minimum Gasteiger partial charge on any atom is -0.368 e. The number of fused-ring (bicyclic) bond motifs is 1. The molecule has 3 saturated heterocycles. The predicted molar refractivity (Wildman–Crippen MR) is 131 cm³/mol. The maximum absolute atomic E-state index is 13.4. The maximum Gasteiger partial charge on any atom is 0.251 e. The molecule has 0 radical (unpaired) electrons. The summed E-state index contributed by atoms with van der Waals surface area (Å²) < 4.78 is 5.53. The molecule has 3 aliphatic heterocycles. The van der Waals surface area contributed by atoms with Crippen molar-refractivity contribution in [2.75, 3.05) is 32.8 Å². The van der Waals surface area contributed by atoms with Gasteiger partial charge < -0.3 is 19.9 Å². The summed E-state index contributed by atoms with van der Waals surface area (Å²) in [6.45, 7) is 10.2. The number of ether oxygens (including phenoxy) is 1. The molecule has 3 fully saturated rings. The van der Waals surface area contributed by atoms with Gasteiger partial charge in [-0.1, -0.05) is 39.3 Å². The van der Waals surface area contributed by atoms with Gasteiger partial charge in [0.05, 0.1) is 6.10 Å². The lowest BCUT2D eigenvalue weighted by Crippen LogP contribution is -2.54. The number of carbonyl (C=O) groups excluding carboxylic acids is 3. The van der Waals surface area contributed by atoms with Crippen molar-refractivity contribution in [3.63, 3.8) is 0 Å². The third-order valence-electron chi connectivity index (χ3n) is 7.93. The van der Waals surface area contributed by atoms with Crippen molar-refractivity contribution >= 4 is 17.6 Å². The van der Waals surface area contributed by atoms with Crippen LogP contribution in [0.15, 0.2) is 24.3 Å². The van der Waals surface area contributed by atoms with Gasteiger partial charge in [0, 0.05) is 12.1 Å². The molecule has 1 aromatic carbocycles. The second-order valence-corrected chi connectivity index (χ2v) is 10.2. The lowest BCUT2D eigenvalue weighted by Gasteiger charge is -2.32. The summed E-state index contributed by atoms with van der Waals surface area (Å²) in [6, 6.07) is 6.72. The highest BCUT2D eigenvalue weighted by Crippen LogP contribution is 2.30. The van der Waals surface area contributed by atoms with Gasteiger partial charge in [-0.15, -0.1) is 0 Å². The number of ketones is 1. The number of rotatable bonds is 8. The van der Waals surface area contributed by atoms with Crippen molar-refractivity contribution in [3.8, 4) is 0 Å². The summed E-state index contributed by atoms with van der Waals surface area (Å²) in [4.78, 5) is 43.0. The van der Waals surface area contributed by atoms with E-state index in [0.29, 0.717) is 24.4 Å². The predicted octanol–water partition coefficient (Wildman–Crippen LogP) is 2.99. The van der Waals surface area contributed by atoms with Crippen molar-refractivity contribution in [3.05, 3.63) is 35.4 Å². The number of Topliss-reactive ketones (excluding diaryl/α,β-unsaturated/α-hetero) is 1. The van der Waals surface area contributed by atoms with Crippen LogP contribution in [0.4, 0.5) is 0 Å². The van der Waals surface area contributed by atoms with E-state index < -0.39 is 12.1 Å². The van der Waals surface area contributed by atoms with Gasteiger partial charge in [-0.05, 0) is 74.8 Å². The zero-order valence-corrected chi connectivity index (χ0v) is 20.8. The molecule has 0 aliphatic carbocycles. The smallest absolute Gasteiger partial charge is 0.251 e. The van der Waals surface area contributed by atoms with Crippen molar-refractivity contribution in [2.24, 2.45) is 5.92 Å². The molecule has 0 bridgehead atoms. The highest BCUT2D eigenvalue weighted by atomic mass is 16.5. The third-order valence-corrected chi connectivity index (χ3v) is 7.93. The molecular formula is C27H39N3O4. The Morgan fingerprint density at radius 1 is 1.09 bits per heavy atom. The van der Waals surface area contributed by atoms with E-state index in [1.807, 2.05) is 26.0 Å². The summed E-state index contributed by atoms with van der Waals surface area (Å²) in [5.41, 5.74) is 1.85. The normalized spacial score (nSPS) is 25.3. The Morgan fingerprint density at radius 2 is 1.79 bits per heavy atom. The minimum atomic E-state index is -0.660. The molecule has 0 aromatic heterocycles. The summed E-state index contributed by atoms with van der Waals surface area (Å²) in [5, 5.41) is 2.99. The molecule has 2 amide bonds. The summed E-state index contributed by atoms with van der Waals surface area (Å²) in [6.07, 6.45) is 4.71. The van der Waals surface area contributed by atoms with Crippen LogP contribution in [-0.4, -0.2) is 78.4 Å². The number of amides is 2. The molecule has 1 N–H and O–H groups in total. The quantitative estimate of drug-likeness (QED) is 0.633. The van der Waals surface area contributed by atoms with Crippen molar-refractivity contribution in [1.29, 1.82) is 0 Å². The van der Waals surface area contributed by atoms with Gasteiger partial charge in [0.25, 0.3) is 5.91 Å². The highest BCUT2D eigenvalue weighted by molar-refractivity contribution is 5.99. The van der Waals surface area contributed by atoms with Gasteiger partial charge >= 0.3 is 0 Å². The number of hydrogen-bond donors (Lipinski definition) is 1. The van der Waals surface area contributed by atoms with Gasteiger partial charge in [-0.2, -0.15) is 0 Å². The van der Waals surface area contributed by atoms with Crippen LogP contribution in [0, 0.1) is 5.92 Å². The Morgan fingerprint density at radius 3 is 2.44 bits per heavy atom. The first-order valence-corrected chi connectivity index (χ1v) is 13.0. The zero-order chi connectivity index (χ0) is 24.2. The number of piperidine rings is 1. The van der Waals surface area contributed by atoms with E-state index in [4.69, 9.17) is 4.74 Å². The molecule has 2 unspecified atom stereocenters. The third kappa shape index (κ3) is 5.20. The first-order valence-electron chi connectivity index (χ1n) is 13.0. The fourth-order valence-corrected chi connectivity index (χ4v) is 5.64. The largest absolute Gasteiger partial charge is 0.368 e. The first kappa shape index (κ1) is 24.9. The highest BCUT2D eigenvalue weighted by Gasteiger charge is 2.48. The van der Waals surface area contributed by atoms with Gasteiger partial charge in [0.2, 0.25) is 5.91 Å². The van der Waals surface area contributed by atoms with E-state index >= 15 is 0 Å². The van der Waals surface area contributed by atoms with Gasteiger partial charge in [0.1, 0.15) is 18.7 Å². The van der Waals surface area contributed by atoms with Gasteiger partial charge in [-0.25, -0.2) is 0 Å². The molecule has 0 saturated carbocycles. The van der Waals surface area contributed by atoms with Crippen LogP contribution < -0.4 is 5.32 Å². The molecule has 4 atom stereocenters. The van der Waals surface area contributed by atoms with E-state index in [2.05, 4.69) is 29.3 Å². The van der Waals surface area contributed by atoms with Crippen LogP contribution in [0.2, 0.25) is 0 Å². The fourth-order valence-electron chi connectivity index (χ4n) is 5.64. The maximum atomic E-state index is 13.4. The van der Waals surface area contributed by atoms with Crippen LogP contribution in [0.5, 0.6) is 0 Å². The topological polar surface area (TPSA) is 79.0 Å². The zero-order valence-electron chi connectivity index (χ0n) is 20.8. The van der Waals surface area contributed by atoms with E-state index in [1.165, 1.54) is 18.5 Å².